The zero-order valence-corrected chi connectivity index (χ0v) is 9.69. The number of carbonyl (C=O) groups is 1. The first-order valence-corrected chi connectivity index (χ1v) is 6.13. The summed E-state index contributed by atoms with van der Waals surface area (Å²) < 4.78 is 0. The Hall–Kier alpha value is -1.22. The molecule has 0 aromatic carbocycles. The quantitative estimate of drug-likeness (QED) is 0.320. The number of rotatable bonds is 6. The van der Waals surface area contributed by atoms with E-state index in [1.807, 2.05) is 0 Å². The van der Waals surface area contributed by atoms with Crippen LogP contribution in [0.1, 0.15) is 51.4 Å². The van der Waals surface area contributed by atoms with Gasteiger partial charge in [0.15, 0.2) is 0 Å². The summed E-state index contributed by atoms with van der Waals surface area (Å²) in [5, 5.41) is 6.50. The van der Waals surface area contributed by atoms with Crippen LogP contribution in [0.5, 0.6) is 0 Å². The minimum Gasteiger partial charge on any atom is -0.353 e. The maximum atomic E-state index is 11.5. The first-order chi connectivity index (χ1) is 7.83. The molecule has 1 N–H and O–H groups in total. The van der Waals surface area contributed by atoms with Gasteiger partial charge in [-0.3, -0.25) is 4.79 Å². The van der Waals surface area contributed by atoms with Gasteiger partial charge in [-0.25, -0.2) is 0 Å². The van der Waals surface area contributed by atoms with Gasteiger partial charge in [0.2, 0.25) is 5.91 Å². The molecule has 1 amide bonds. The molecule has 0 radical (unpaired) electrons. The lowest BCUT2D eigenvalue weighted by Gasteiger charge is -2.22. The minimum absolute atomic E-state index is 0.146. The second-order valence-electron chi connectivity index (χ2n) is 4.31. The summed E-state index contributed by atoms with van der Waals surface area (Å²) in [5.41, 5.74) is 8.07. The molecule has 1 aliphatic rings. The fourth-order valence-electron chi connectivity index (χ4n) is 2.06. The fourth-order valence-corrected chi connectivity index (χ4v) is 2.06. The highest BCUT2D eigenvalue weighted by Gasteiger charge is 2.14. The summed E-state index contributed by atoms with van der Waals surface area (Å²) in [4.78, 5) is 14.2. The van der Waals surface area contributed by atoms with Crippen LogP contribution in [0, 0.1) is 0 Å². The number of amides is 1. The third kappa shape index (κ3) is 5.61. The second kappa shape index (κ2) is 7.99. The van der Waals surface area contributed by atoms with Crippen molar-refractivity contribution in [2.24, 2.45) is 5.11 Å². The molecule has 1 rings (SSSR count). The second-order valence-corrected chi connectivity index (χ2v) is 4.31. The Bertz CT molecular complexity index is 255. The average Bonchev–Trinajstić information content (AvgIpc) is 2.30. The van der Waals surface area contributed by atoms with Crippen LogP contribution in [-0.4, -0.2) is 18.5 Å². The van der Waals surface area contributed by atoms with Gasteiger partial charge in [0.1, 0.15) is 0 Å². The topological polar surface area (TPSA) is 77.9 Å². The van der Waals surface area contributed by atoms with E-state index in [-0.39, 0.29) is 5.91 Å². The highest BCUT2D eigenvalue weighted by atomic mass is 16.1. The molecule has 0 bridgehead atoms. The molecule has 0 heterocycles. The molecule has 16 heavy (non-hydrogen) atoms. The van der Waals surface area contributed by atoms with Gasteiger partial charge in [-0.1, -0.05) is 24.4 Å². The Kier molecular flexibility index (Phi) is 6.42. The predicted molar refractivity (Wildman–Crippen MR) is 62.9 cm³/mol. The number of hydrogen-bond donors (Lipinski definition) is 1. The van der Waals surface area contributed by atoms with Gasteiger partial charge in [-0.15, -0.1) is 0 Å². The van der Waals surface area contributed by atoms with Gasteiger partial charge in [0.05, 0.1) is 0 Å². The lowest BCUT2D eigenvalue weighted by Crippen LogP contribution is -2.35. The third-order valence-corrected chi connectivity index (χ3v) is 2.95. The van der Waals surface area contributed by atoms with Crippen molar-refractivity contribution in [3.63, 3.8) is 0 Å². The molecule has 0 saturated heterocycles. The molecule has 0 aromatic rings. The maximum Gasteiger partial charge on any atom is 0.220 e. The molecule has 5 heteroatoms. The smallest absolute Gasteiger partial charge is 0.220 e. The first kappa shape index (κ1) is 12.8. The fraction of sp³-hybridized carbons (Fsp3) is 0.909. The van der Waals surface area contributed by atoms with Gasteiger partial charge >= 0.3 is 0 Å². The molecule has 0 aliphatic heterocycles. The molecule has 0 aromatic heterocycles. The standard InChI is InChI=1S/C11H20N4O/c12-15-13-9-5-4-8-11(16)14-10-6-2-1-3-7-10/h10H,1-9H2,(H,14,16). The summed E-state index contributed by atoms with van der Waals surface area (Å²) in [6.45, 7) is 0.493. The zero-order chi connectivity index (χ0) is 11.6. The van der Waals surface area contributed by atoms with Crippen molar-refractivity contribution in [1.82, 2.24) is 5.32 Å². The van der Waals surface area contributed by atoms with Crippen LogP contribution in [0.4, 0.5) is 0 Å². The van der Waals surface area contributed by atoms with Crippen molar-refractivity contribution in [2.45, 2.75) is 57.4 Å². The van der Waals surface area contributed by atoms with E-state index >= 15 is 0 Å². The molecule has 0 spiro atoms. The molecular formula is C11H20N4O. The third-order valence-electron chi connectivity index (χ3n) is 2.95. The monoisotopic (exact) mass is 224 g/mol. The highest BCUT2D eigenvalue weighted by molar-refractivity contribution is 5.76. The molecular weight excluding hydrogens is 204 g/mol. The number of carbonyl (C=O) groups excluding carboxylic acids is 1. The summed E-state index contributed by atoms with van der Waals surface area (Å²) in [6.07, 6.45) is 8.19. The van der Waals surface area contributed by atoms with Crippen molar-refractivity contribution in [2.75, 3.05) is 6.54 Å². The Balaban J connectivity index is 2.03. The minimum atomic E-state index is 0.146. The molecule has 1 fully saturated rings. The van der Waals surface area contributed by atoms with E-state index in [0.29, 0.717) is 19.0 Å². The van der Waals surface area contributed by atoms with Crippen LogP contribution in [0.15, 0.2) is 5.11 Å². The van der Waals surface area contributed by atoms with Crippen LogP contribution < -0.4 is 5.32 Å². The molecule has 0 unspecified atom stereocenters. The maximum absolute atomic E-state index is 11.5. The van der Waals surface area contributed by atoms with E-state index < -0.39 is 0 Å². The van der Waals surface area contributed by atoms with Crippen molar-refractivity contribution in [3.8, 4) is 0 Å². The largest absolute Gasteiger partial charge is 0.353 e. The molecule has 1 saturated carbocycles. The van der Waals surface area contributed by atoms with E-state index in [2.05, 4.69) is 15.3 Å². The van der Waals surface area contributed by atoms with Crippen LogP contribution in [0.3, 0.4) is 0 Å². The number of azide groups is 1. The first-order valence-electron chi connectivity index (χ1n) is 6.13. The molecule has 0 atom stereocenters. The van der Waals surface area contributed by atoms with Gasteiger partial charge < -0.3 is 5.32 Å². The summed E-state index contributed by atoms with van der Waals surface area (Å²) in [7, 11) is 0. The van der Waals surface area contributed by atoms with Gasteiger partial charge in [0.25, 0.3) is 0 Å². The van der Waals surface area contributed by atoms with Crippen molar-refractivity contribution in [3.05, 3.63) is 10.4 Å². The van der Waals surface area contributed by atoms with Crippen LogP contribution in [0.2, 0.25) is 0 Å². The highest BCUT2D eigenvalue weighted by Crippen LogP contribution is 2.17. The van der Waals surface area contributed by atoms with E-state index in [0.717, 1.165) is 25.7 Å². The Morgan fingerprint density at radius 1 is 1.31 bits per heavy atom. The van der Waals surface area contributed by atoms with Gasteiger partial charge in [-0.05, 0) is 31.2 Å². The Morgan fingerprint density at radius 3 is 2.75 bits per heavy atom. The van der Waals surface area contributed by atoms with Crippen LogP contribution in [-0.2, 0) is 4.79 Å². The van der Waals surface area contributed by atoms with Crippen molar-refractivity contribution in [1.29, 1.82) is 0 Å². The van der Waals surface area contributed by atoms with Crippen molar-refractivity contribution >= 4 is 5.91 Å². The average molecular weight is 224 g/mol. The van der Waals surface area contributed by atoms with E-state index in [9.17, 15) is 4.79 Å². The van der Waals surface area contributed by atoms with Gasteiger partial charge in [-0.2, -0.15) is 0 Å². The van der Waals surface area contributed by atoms with Gasteiger partial charge in [0, 0.05) is 23.9 Å². The van der Waals surface area contributed by atoms with Crippen LogP contribution >= 0.6 is 0 Å². The molecule has 90 valence electrons. The summed E-state index contributed by atoms with van der Waals surface area (Å²) in [6, 6.07) is 0.401. The number of nitrogens with one attached hydrogen (secondary N) is 1. The van der Waals surface area contributed by atoms with E-state index in [4.69, 9.17) is 5.53 Å². The van der Waals surface area contributed by atoms with E-state index in [1.165, 1.54) is 19.3 Å². The van der Waals surface area contributed by atoms with E-state index in [1.54, 1.807) is 0 Å². The lowest BCUT2D eigenvalue weighted by molar-refractivity contribution is -0.122. The van der Waals surface area contributed by atoms with Crippen molar-refractivity contribution < 1.29 is 4.79 Å². The lowest BCUT2D eigenvalue weighted by atomic mass is 9.95. The molecule has 1 aliphatic carbocycles. The molecule has 5 nitrogen and oxygen atoms in total. The van der Waals surface area contributed by atoms with Crippen LogP contribution in [0.25, 0.3) is 10.4 Å². The number of nitrogens with zero attached hydrogens (tertiary/aromatic N) is 3. The number of unbranched alkanes of at least 4 members (excludes halogenated alkanes) is 1. The Morgan fingerprint density at radius 2 is 2.06 bits per heavy atom. The summed E-state index contributed by atoms with van der Waals surface area (Å²) >= 11 is 0. The SMILES string of the molecule is [N-]=[N+]=NCCCCC(=O)NC1CCCCC1. The summed E-state index contributed by atoms with van der Waals surface area (Å²) in [5.74, 6) is 0.146. The normalized spacial score (nSPS) is 16.5. The zero-order valence-electron chi connectivity index (χ0n) is 9.69. The predicted octanol–water partition coefficient (Wildman–Crippen LogP) is 2.92. The Labute approximate surface area is 96.2 Å². The number of hydrogen-bond acceptors (Lipinski definition) is 2.